The Morgan fingerprint density at radius 3 is 1.38 bits per heavy atom. The largest absolute Gasteiger partial charge is 0.0799 e. The molecule has 0 aliphatic heterocycles. The summed E-state index contributed by atoms with van der Waals surface area (Å²) >= 11 is 0. The molecule has 5 aliphatic carbocycles. The topological polar surface area (TPSA) is 0 Å². The summed E-state index contributed by atoms with van der Waals surface area (Å²) < 4.78 is 0. The van der Waals surface area contributed by atoms with Gasteiger partial charge in [0.25, 0.3) is 0 Å². The molecule has 0 nitrogen and oxygen atoms in total. The van der Waals surface area contributed by atoms with Crippen molar-refractivity contribution in [2.75, 3.05) is 0 Å². The van der Waals surface area contributed by atoms with Crippen LogP contribution >= 0.6 is 0 Å². The molecule has 0 aromatic heterocycles. The van der Waals surface area contributed by atoms with Gasteiger partial charge in [0.15, 0.2) is 0 Å². The average Bonchev–Trinajstić information content (AvgIpc) is 3.32. The van der Waals surface area contributed by atoms with Crippen molar-refractivity contribution in [3.8, 4) is 0 Å². The van der Waals surface area contributed by atoms with Crippen molar-refractivity contribution in [3.05, 3.63) is 69.9 Å². The van der Waals surface area contributed by atoms with Crippen molar-refractivity contribution < 1.29 is 0 Å². The predicted molar refractivity (Wildman–Crippen MR) is 174 cm³/mol. The number of allylic oxidation sites excluding steroid dienone is 12. The van der Waals surface area contributed by atoms with Crippen molar-refractivity contribution in [3.63, 3.8) is 0 Å². The Bertz CT molecular complexity index is 1160. The highest BCUT2D eigenvalue weighted by Gasteiger charge is 2.62. The van der Waals surface area contributed by atoms with Crippen LogP contribution in [0.4, 0.5) is 0 Å². The molecule has 5 aliphatic rings. The molecule has 0 saturated heterocycles. The van der Waals surface area contributed by atoms with E-state index < -0.39 is 8.07 Å². The molecule has 0 bridgehead atoms. The van der Waals surface area contributed by atoms with Crippen LogP contribution in [0.25, 0.3) is 0 Å². The molecule has 214 valence electrons. The lowest BCUT2D eigenvalue weighted by atomic mass is 9.72. The molecule has 2 fully saturated rings. The van der Waals surface area contributed by atoms with Gasteiger partial charge in [0.05, 0.1) is 8.07 Å². The molecule has 5 rings (SSSR count). The maximum atomic E-state index is 2.84. The summed E-state index contributed by atoms with van der Waals surface area (Å²) in [6, 6.07) is 0. The monoisotopic (exact) mass is 542 g/mol. The number of fused-ring (bicyclic) bond motifs is 4. The standard InChI is InChI=1S/C38H58Si/c1-21-22(2)24(4)34-33(23(21)3)25(5)26(6)35(34)39(13,14)36-31-19-27(37(7,8)9)15-17-29(31)30-18-16-28(20-32(30)36)38(10,11)12/h15-20,25-26,29-36H,1-14H3. The van der Waals surface area contributed by atoms with Crippen LogP contribution in [0.3, 0.4) is 0 Å². The fraction of sp³-hybridized carbons (Fsp3) is 0.684. The third-order valence-corrected chi connectivity index (χ3v) is 17.9. The molecule has 1 heteroatoms. The highest BCUT2D eigenvalue weighted by atomic mass is 28.3. The van der Waals surface area contributed by atoms with Gasteiger partial charge in [-0.05, 0) is 119 Å². The molecule has 0 aromatic carbocycles. The lowest BCUT2D eigenvalue weighted by molar-refractivity contribution is 0.370. The third-order valence-electron chi connectivity index (χ3n) is 12.8. The second-order valence-corrected chi connectivity index (χ2v) is 22.0. The van der Waals surface area contributed by atoms with E-state index in [1.807, 2.05) is 0 Å². The number of hydrogen-bond donors (Lipinski definition) is 0. The second kappa shape index (κ2) is 9.34. The normalized spacial score (nSPS) is 40.5. The summed E-state index contributed by atoms with van der Waals surface area (Å²) in [5.41, 5.74) is 11.7. The van der Waals surface area contributed by atoms with Crippen LogP contribution in [0.15, 0.2) is 69.9 Å². The van der Waals surface area contributed by atoms with Gasteiger partial charge in [-0.2, -0.15) is 0 Å². The summed E-state index contributed by atoms with van der Waals surface area (Å²) in [6.45, 7) is 35.1. The van der Waals surface area contributed by atoms with Crippen molar-refractivity contribution in [2.24, 2.45) is 58.2 Å². The Labute approximate surface area is 242 Å². The summed E-state index contributed by atoms with van der Waals surface area (Å²) in [4.78, 5) is 0. The zero-order valence-electron chi connectivity index (χ0n) is 27.7. The molecule has 0 amide bonds. The van der Waals surface area contributed by atoms with Gasteiger partial charge in [-0.3, -0.25) is 0 Å². The van der Waals surface area contributed by atoms with E-state index >= 15 is 0 Å². The molecule has 0 spiro atoms. The predicted octanol–water partition coefficient (Wildman–Crippen LogP) is 11.2. The van der Waals surface area contributed by atoms with Crippen molar-refractivity contribution in [1.29, 1.82) is 0 Å². The number of hydrogen-bond acceptors (Lipinski definition) is 0. The third kappa shape index (κ3) is 4.35. The highest BCUT2D eigenvalue weighted by molar-refractivity contribution is 6.80. The van der Waals surface area contributed by atoms with E-state index in [9.17, 15) is 0 Å². The molecule has 2 saturated carbocycles. The van der Waals surface area contributed by atoms with Gasteiger partial charge in [0.2, 0.25) is 0 Å². The Balaban J connectivity index is 1.67. The van der Waals surface area contributed by atoms with Crippen molar-refractivity contribution in [2.45, 2.75) is 107 Å². The summed E-state index contributed by atoms with van der Waals surface area (Å²) in [5, 5.41) is 0. The van der Waals surface area contributed by atoms with Crippen LogP contribution in [-0.4, -0.2) is 8.07 Å². The highest BCUT2D eigenvalue weighted by Crippen LogP contribution is 2.68. The Morgan fingerprint density at radius 2 is 0.974 bits per heavy atom. The zero-order chi connectivity index (χ0) is 29.0. The van der Waals surface area contributed by atoms with E-state index in [1.54, 1.807) is 33.4 Å². The fourth-order valence-corrected chi connectivity index (χ4v) is 16.4. The maximum Gasteiger partial charge on any atom is 0.0557 e. The molecule has 0 radical (unpaired) electrons. The molecule has 0 aromatic rings. The van der Waals surface area contributed by atoms with Gasteiger partial charge < -0.3 is 0 Å². The quantitative estimate of drug-likeness (QED) is 0.304. The molecule has 9 unspecified atom stereocenters. The van der Waals surface area contributed by atoms with Crippen LogP contribution < -0.4 is 0 Å². The van der Waals surface area contributed by atoms with E-state index in [2.05, 4.69) is 133 Å². The van der Waals surface area contributed by atoms with Gasteiger partial charge in [0, 0.05) is 0 Å². The molecule has 0 N–H and O–H groups in total. The first-order valence-corrected chi connectivity index (χ1v) is 19.2. The van der Waals surface area contributed by atoms with Crippen molar-refractivity contribution in [1.82, 2.24) is 0 Å². The minimum absolute atomic E-state index is 0.202. The first kappa shape index (κ1) is 29.2. The second-order valence-electron chi connectivity index (χ2n) is 17.0. The van der Waals surface area contributed by atoms with Crippen LogP contribution in [0.2, 0.25) is 24.2 Å². The van der Waals surface area contributed by atoms with E-state index in [-0.39, 0.29) is 10.8 Å². The average molecular weight is 543 g/mol. The van der Waals surface area contributed by atoms with Gasteiger partial charge >= 0.3 is 0 Å². The minimum Gasteiger partial charge on any atom is -0.0799 e. The zero-order valence-corrected chi connectivity index (χ0v) is 28.7. The van der Waals surface area contributed by atoms with Crippen LogP contribution in [0, 0.1) is 58.2 Å². The lowest BCUT2D eigenvalue weighted by Gasteiger charge is -2.48. The molecular formula is C38H58Si. The molecular weight excluding hydrogens is 485 g/mol. The lowest BCUT2D eigenvalue weighted by Crippen LogP contribution is -2.47. The molecule has 0 heterocycles. The molecule has 39 heavy (non-hydrogen) atoms. The van der Waals surface area contributed by atoms with E-state index in [0.29, 0.717) is 23.7 Å². The first-order chi connectivity index (χ1) is 17.9. The van der Waals surface area contributed by atoms with Gasteiger partial charge in [-0.1, -0.05) is 116 Å². The Hall–Kier alpha value is -1.34. The first-order valence-electron chi connectivity index (χ1n) is 16.0. The van der Waals surface area contributed by atoms with Crippen molar-refractivity contribution >= 4 is 8.07 Å². The van der Waals surface area contributed by atoms with Crippen LogP contribution in [0.5, 0.6) is 0 Å². The summed E-state index contributed by atoms with van der Waals surface area (Å²) in [5.74, 6) is 5.61. The van der Waals surface area contributed by atoms with Gasteiger partial charge in [-0.25, -0.2) is 0 Å². The minimum atomic E-state index is -1.78. The number of rotatable bonds is 2. The smallest absolute Gasteiger partial charge is 0.0557 e. The SMILES string of the molecule is CC1=C(C)C2C(C)C(C)C([Si](C)(C)C3C4C=C(C(C)(C)C)C=CC4C4C=CC(C(C)(C)C)=CC43)C2C(C)=C1C. The van der Waals surface area contributed by atoms with Crippen LogP contribution in [-0.2, 0) is 0 Å². The van der Waals surface area contributed by atoms with E-state index in [1.165, 1.54) is 0 Å². The molecule has 9 atom stereocenters. The Kier molecular flexibility index (Phi) is 6.98. The van der Waals surface area contributed by atoms with E-state index in [4.69, 9.17) is 0 Å². The van der Waals surface area contributed by atoms with Crippen LogP contribution in [0.1, 0.15) is 83.1 Å². The van der Waals surface area contributed by atoms with E-state index in [0.717, 1.165) is 34.8 Å². The maximum absolute atomic E-state index is 2.84. The Morgan fingerprint density at radius 1 is 0.564 bits per heavy atom. The van der Waals surface area contributed by atoms with Gasteiger partial charge in [-0.15, -0.1) is 0 Å². The van der Waals surface area contributed by atoms with Gasteiger partial charge in [0.1, 0.15) is 0 Å². The fourth-order valence-electron chi connectivity index (χ4n) is 10.3. The summed E-state index contributed by atoms with van der Waals surface area (Å²) in [6.07, 6.45) is 15.8. The summed E-state index contributed by atoms with van der Waals surface area (Å²) in [7, 11) is -1.78.